The Morgan fingerprint density at radius 1 is 1.14 bits per heavy atom. The Kier molecular flexibility index (Phi) is 8.55. The van der Waals surface area contributed by atoms with Crippen molar-refractivity contribution >= 4 is 12.0 Å². The van der Waals surface area contributed by atoms with E-state index in [1.807, 2.05) is 18.2 Å². The second-order valence-corrected chi connectivity index (χ2v) is 11.1. The van der Waals surface area contributed by atoms with Gasteiger partial charge in [-0.15, -0.1) is 0 Å². The number of amides is 1. The lowest BCUT2D eigenvalue weighted by atomic mass is 9.70. The maximum Gasteiger partial charge on any atom is 0.246 e. The number of benzene rings is 2. The van der Waals surface area contributed by atoms with Crippen LogP contribution in [0.4, 0.5) is 0 Å². The highest BCUT2D eigenvalue weighted by Gasteiger charge is 2.39. The molecule has 196 valence electrons. The van der Waals surface area contributed by atoms with E-state index in [-0.39, 0.29) is 28.6 Å². The lowest BCUT2D eigenvalue weighted by Crippen LogP contribution is -2.46. The summed E-state index contributed by atoms with van der Waals surface area (Å²) in [5, 5.41) is 21.3. The molecule has 5 heteroatoms. The number of nitrogens with zero attached hydrogens (tertiary/aromatic N) is 1. The number of carbonyl (C=O) groups excluding carboxylic acids is 1. The molecular weight excluding hydrogens is 450 g/mol. The quantitative estimate of drug-likeness (QED) is 0.428. The predicted octanol–water partition coefficient (Wildman–Crippen LogP) is 6.23. The fraction of sp³-hybridized carbons (Fsp3) is 0.516. The van der Waals surface area contributed by atoms with Crippen LogP contribution in [0.15, 0.2) is 42.5 Å². The average molecular weight is 494 g/mol. The third-order valence-electron chi connectivity index (χ3n) is 8.10. The minimum absolute atomic E-state index is 0.130. The maximum absolute atomic E-state index is 12.0. The van der Waals surface area contributed by atoms with E-state index in [9.17, 15) is 15.0 Å². The van der Waals surface area contributed by atoms with Crippen LogP contribution in [0.2, 0.25) is 0 Å². The summed E-state index contributed by atoms with van der Waals surface area (Å²) >= 11 is 0. The Balaban J connectivity index is 1.95. The average Bonchev–Trinajstić information content (AvgIpc) is 2.84. The SMILES string of the molecule is CCC(CC)(c1ccc(OC2CCCC(C)(C)C2O)c(C)c1)c1ccc(O)c(/C=C/C(=O)N(C)C)c1. The normalized spacial score (nSPS) is 19.9. The van der Waals surface area contributed by atoms with E-state index < -0.39 is 6.10 Å². The molecule has 2 aromatic carbocycles. The number of aryl methyl sites for hydroxylation is 1. The second kappa shape index (κ2) is 11.1. The highest BCUT2D eigenvalue weighted by atomic mass is 16.5. The topological polar surface area (TPSA) is 70.0 Å². The van der Waals surface area contributed by atoms with E-state index >= 15 is 0 Å². The minimum atomic E-state index is -0.487. The number of likely N-dealkylation sites (N-methyl/N-ethyl adjacent to an activating group) is 1. The number of hydrogen-bond donors (Lipinski definition) is 2. The number of aliphatic hydroxyl groups is 1. The summed E-state index contributed by atoms with van der Waals surface area (Å²) in [4.78, 5) is 13.5. The molecule has 2 aromatic rings. The van der Waals surface area contributed by atoms with E-state index in [0.717, 1.165) is 49.0 Å². The standard InChI is InChI=1S/C31H43NO4/c1-8-31(9-2,24-13-15-25(33)22(20-24)12-17-28(34)32(6)7)23-14-16-26(21(3)19-23)36-27-11-10-18-30(4,5)29(27)35/h12-17,19-20,27,29,33,35H,8-11,18H2,1-7H3/b17-12+. The van der Waals surface area contributed by atoms with Crippen molar-refractivity contribution in [1.29, 1.82) is 0 Å². The van der Waals surface area contributed by atoms with Gasteiger partial charge in [-0.3, -0.25) is 4.79 Å². The molecule has 5 nitrogen and oxygen atoms in total. The van der Waals surface area contributed by atoms with Crippen molar-refractivity contribution in [2.75, 3.05) is 14.1 Å². The number of phenolic OH excluding ortho intramolecular Hbond substituents is 1. The van der Waals surface area contributed by atoms with Gasteiger partial charge in [0, 0.05) is 31.1 Å². The van der Waals surface area contributed by atoms with Crippen LogP contribution in [0, 0.1) is 12.3 Å². The van der Waals surface area contributed by atoms with Crippen molar-refractivity contribution in [3.63, 3.8) is 0 Å². The minimum Gasteiger partial charge on any atom is -0.507 e. The van der Waals surface area contributed by atoms with Gasteiger partial charge in [0.05, 0.1) is 6.10 Å². The predicted molar refractivity (Wildman–Crippen MR) is 146 cm³/mol. The number of carbonyl (C=O) groups is 1. The highest BCUT2D eigenvalue weighted by Crippen LogP contribution is 2.43. The molecule has 2 N–H and O–H groups in total. The van der Waals surface area contributed by atoms with E-state index in [1.54, 1.807) is 26.2 Å². The Bertz CT molecular complexity index is 1100. The van der Waals surface area contributed by atoms with Crippen LogP contribution in [-0.4, -0.2) is 47.3 Å². The Labute approximate surface area is 216 Å². The zero-order valence-electron chi connectivity index (χ0n) is 23.0. The summed E-state index contributed by atoms with van der Waals surface area (Å²) < 4.78 is 6.36. The molecular formula is C31H43NO4. The van der Waals surface area contributed by atoms with Crippen LogP contribution >= 0.6 is 0 Å². The zero-order valence-corrected chi connectivity index (χ0v) is 23.0. The summed E-state index contributed by atoms with van der Waals surface area (Å²) in [6, 6.07) is 12.0. The smallest absolute Gasteiger partial charge is 0.246 e. The third-order valence-corrected chi connectivity index (χ3v) is 8.10. The van der Waals surface area contributed by atoms with Crippen LogP contribution in [0.25, 0.3) is 6.08 Å². The summed E-state index contributed by atoms with van der Waals surface area (Å²) in [5.74, 6) is 0.837. The molecule has 2 unspecified atom stereocenters. The van der Waals surface area contributed by atoms with Crippen molar-refractivity contribution in [3.8, 4) is 11.5 Å². The third kappa shape index (κ3) is 5.62. The molecule has 1 saturated carbocycles. The zero-order chi connectivity index (χ0) is 26.7. The van der Waals surface area contributed by atoms with E-state index in [2.05, 4.69) is 46.8 Å². The number of aromatic hydroxyl groups is 1. The van der Waals surface area contributed by atoms with Gasteiger partial charge in [0.25, 0.3) is 0 Å². The summed E-state index contributed by atoms with van der Waals surface area (Å²) in [5.41, 5.74) is 3.56. The molecule has 1 aliphatic rings. The summed E-state index contributed by atoms with van der Waals surface area (Å²) in [6.07, 6.45) is 7.15. The van der Waals surface area contributed by atoms with Crippen LogP contribution < -0.4 is 4.74 Å². The van der Waals surface area contributed by atoms with Gasteiger partial charge in [-0.25, -0.2) is 0 Å². The van der Waals surface area contributed by atoms with Gasteiger partial charge in [-0.05, 0) is 85.4 Å². The van der Waals surface area contributed by atoms with Gasteiger partial charge in [0.15, 0.2) is 0 Å². The Morgan fingerprint density at radius 3 is 2.39 bits per heavy atom. The molecule has 0 aliphatic heterocycles. The van der Waals surface area contributed by atoms with Crippen molar-refractivity contribution in [2.24, 2.45) is 5.41 Å². The monoisotopic (exact) mass is 493 g/mol. The Morgan fingerprint density at radius 2 is 1.78 bits per heavy atom. The van der Waals surface area contributed by atoms with Crippen LogP contribution in [0.1, 0.15) is 82.1 Å². The van der Waals surface area contributed by atoms with E-state index in [1.165, 1.54) is 16.5 Å². The Hall–Kier alpha value is -2.79. The van der Waals surface area contributed by atoms with Gasteiger partial charge in [-0.1, -0.05) is 45.9 Å². The lowest BCUT2D eigenvalue weighted by molar-refractivity contribution is -0.123. The number of hydrogen-bond acceptors (Lipinski definition) is 4. The van der Waals surface area contributed by atoms with Gasteiger partial charge < -0.3 is 19.8 Å². The van der Waals surface area contributed by atoms with E-state index in [0.29, 0.717) is 5.56 Å². The first kappa shape index (κ1) is 27.8. The van der Waals surface area contributed by atoms with Crippen molar-refractivity contribution in [3.05, 3.63) is 64.7 Å². The number of rotatable bonds is 8. The van der Waals surface area contributed by atoms with Crippen molar-refractivity contribution in [1.82, 2.24) is 4.90 Å². The van der Waals surface area contributed by atoms with Gasteiger partial charge >= 0.3 is 0 Å². The molecule has 2 atom stereocenters. The molecule has 0 saturated heterocycles. The van der Waals surface area contributed by atoms with Crippen LogP contribution in [0.5, 0.6) is 11.5 Å². The van der Waals surface area contributed by atoms with Crippen molar-refractivity contribution < 1.29 is 19.7 Å². The molecule has 0 heterocycles. The van der Waals surface area contributed by atoms with Gasteiger partial charge in [-0.2, -0.15) is 0 Å². The molecule has 0 aromatic heterocycles. The molecule has 36 heavy (non-hydrogen) atoms. The molecule has 1 fully saturated rings. The number of ether oxygens (including phenoxy) is 1. The van der Waals surface area contributed by atoms with Gasteiger partial charge in [0.1, 0.15) is 17.6 Å². The van der Waals surface area contributed by atoms with Crippen molar-refractivity contribution in [2.45, 2.75) is 84.3 Å². The molecule has 1 aliphatic carbocycles. The second-order valence-electron chi connectivity index (χ2n) is 11.1. The van der Waals surface area contributed by atoms with Gasteiger partial charge in [0.2, 0.25) is 5.91 Å². The first-order valence-corrected chi connectivity index (χ1v) is 13.1. The first-order valence-electron chi connectivity index (χ1n) is 13.1. The molecule has 1 amide bonds. The molecule has 0 spiro atoms. The number of phenols is 1. The lowest BCUT2D eigenvalue weighted by Gasteiger charge is -2.40. The molecule has 0 radical (unpaired) electrons. The maximum atomic E-state index is 12.0. The fourth-order valence-corrected chi connectivity index (χ4v) is 5.46. The molecule has 3 rings (SSSR count). The largest absolute Gasteiger partial charge is 0.507 e. The molecule has 0 bridgehead atoms. The first-order chi connectivity index (χ1) is 16.9. The summed E-state index contributed by atoms with van der Waals surface area (Å²) in [7, 11) is 3.40. The summed E-state index contributed by atoms with van der Waals surface area (Å²) in [6.45, 7) is 10.6. The highest BCUT2D eigenvalue weighted by molar-refractivity contribution is 5.91. The van der Waals surface area contributed by atoms with E-state index in [4.69, 9.17) is 4.74 Å². The fourth-order valence-electron chi connectivity index (χ4n) is 5.46. The number of aliphatic hydroxyl groups excluding tert-OH is 1. The van der Waals surface area contributed by atoms with Crippen LogP contribution in [-0.2, 0) is 10.2 Å². The van der Waals surface area contributed by atoms with Crippen LogP contribution in [0.3, 0.4) is 0 Å².